The van der Waals surface area contributed by atoms with Gasteiger partial charge in [-0.25, -0.2) is 0 Å². The van der Waals surface area contributed by atoms with E-state index in [0.29, 0.717) is 0 Å². The van der Waals surface area contributed by atoms with Gasteiger partial charge >= 0.3 is 0 Å². The fourth-order valence-corrected chi connectivity index (χ4v) is 8.24. The molecule has 0 amide bonds. The lowest BCUT2D eigenvalue weighted by Crippen LogP contribution is -2.04. The first-order valence-electron chi connectivity index (χ1n) is 18.0. The Hall–Kier alpha value is -7.17. The van der Waals surface area contributed by atoms with E-state index in [9.17, 15) is 0 Å². The lowest BCUT2D eigenvalue weighted by molar-refractivity contribution is 0.670. The molecule has 0 aliphatic rings. The third-order valence-corrected chi connectivity index (χ3v) is 10.7. The molecule has 3 aromatic heterocycles. The molecule has 0 unspecified atom stereocenters. The smallest absolute Gasteiger partial charge is 0.143 e. The Bertz CT molecular complexity index is 3280. The fraction of sp³-hybridized carbons (Fsp3) is 0. The van der Waals surface area contributed by atoms with E-state index in [0.717, 1.165) is 93.3 Å². The summed E-state index contributed by atoms with van der Waals surface area (Å²) in [6.45, 7) is 0. The number of hydrogen-bond donors (Lipinski definition) is 0. The van der Waals surface area contributed by atoms with Crippen LogP contribution in [-0.2, 0) is 0 Å². The molecule has 8 aromatic carbocycles. The Morgan fingerprint density at radius 3 is 1.68 bits per heavy atom. The van der Waals surface area contributed by atoms with Crippen LogP contribution in [0.3, 0.4) is 0 Å². The average molecular weight is 678 g/mol. The van der Waals surface area contributed by atoms with E-state index >= 15 is 0 Å². The first-order valence-corrected chi connectivity index (χ1v) is 18.0. The number of aromatic nitrogens is 3. The van der Waals surface area contributed by atoms with E-state index in [2.05, 4.69) is 173 Å². The van der Waals surface area contributed by atoms with Crippen LogP contribution in [0.25, 0.3) is 98.7 Å². The highest BCUT2D eigenvalue weighted by molar-refractivity contribution is 6.26. The summed E-state index contributed by atoms with van der Waals surface area (Å²) in [4.78, 5) is 5.14. The number of benzene rings is 7. The van der Waals surface area contributed by atoms with Crippen LogP contribution in [0, 0.1) is 0 Å². The molecule has 4 nitrogen and oxygen atoms in total. The first-order chi connectivity index (χ1) is 26.3. The lowest BCUT2D eigenvalue weighted by Gasteiger charge is -2.19. The van der Waals surface area contributed by atoms with E-state index in [4.69, 9.17) is 9.40 Å². The van der Waals surface area contributed by atoms with Crippen LogP contribution < -0.4 is 0 Å². The van der Waals surface area contributed by atoms with Gasteiger partial charge in [-0.2, -0.15) is 0 Å². The SMILES string of the molecule is c1ccc(-n2ccn(-c3ccccc3)c3cc4c(cc32)c2ccccc2c2cc(-c3cccc5c3oc3ccccc35)ccc2c2cccnc24)cc1. The molecule has 0 aliphatic heterocycles. The van der Waals surface area contributed by atoms with Gasteiger partial charge in [-0.1, -0.05) is 115 Å². The number of para-hydroxylation sites is 4. The maximum Gasteiger partial charge on any atom is 0.143 e. The van der Waals surface area contributed by atoms with Crippen LogP contribution in [0.5, 0.6) is 0 Å². The van der Waals surface area contributed by atoms with Crippen LogP contribution in [0.2, 0.25) is 0 Å². The van der Waals surface area contributed by atoms with Gasteiger partial charge in [0.2, 0.25) is 0 Å². The second-order valence-corrected chi connectivity index (χ2v) is 13.6. The number of nitrogens with zero attached hydrogens (tertiary/aromatic N) is 3. The van der Waals surface area contributed by atoms with Crippen LogP contribution in [0.4, 0.5) is 0 Å². The Balaban J connectivity index is 1.30. The molecule has 3 heterocycles. The molecule has 0 N–H and O–H groups in total. The average Bonchev–Trinajstić information content (AvgIpc) is 3.62. The van der Waals surface area contributed by atoms with Crippen LogP contribution in [0.15, 0.2) is 193 Å². The molecule has 0 fully saturated rings. The highest BCUT2D eigenvalue weighted by atomic mass is 16.3. The van der Waals surface area contributed by atoms with E-state index < -0.39 is 0 Å². The number of furan rings is 1. The minimum atomic E-state index is 0.900. The number of pyridine rings is 1. The minimum Gasteiger partial charge on any atom is -0.455 e. The predicted molar refractivity (Wildman–Crippen MR) is 221 cm³/mol. The standard InChI is InChI=1S/C49H31N3O/c1-3-13-33(14-4-1)51-27-28-52(34-15-5-2-6-16-34)46-31-44-43(30-45(46)51)37-18-8-7-17-36(37)42-29-32(24-25-38(42)40-22-12-26-50-48(40)44)35-20-11-21-41-39-19-9-10-23-47(39)53-49(35)41/h1-31H. The summed E-state index contributed by atoms with van der Waals surface area (Å²) in [6, 6.07) is 60.5. The maximum absolute atomic E-state index is 6.51. The summed E-state index contributed by atoms with van der Waals surface area (Å²) >= 11 is 0. The summed E-state index contributed by atoms with van der Waals surface area (Å²) in [5, 5.41) is 10.2. The summed E-state index contributed by atoms with van der Waals surface area (Å²) in [5.41, 5.74) is 9.34. The maximum atomic E-state index is 6.51. The van der Waals surface area contributed by atoms with Crippen molar-refractivity contribution >= 4 is 76.2 Å². The zero-order valence-corrected chi connectivity index (χ0v) is 28.6. The van der Waals surface area contributed by atoms with Crippen molar-refractivity contribution in [3.05, 3.63) is 188 Å². The van der Waals surface area contributed by atoms with Gasteiger partial charge in [0.15, 0.2) is 0 Å². The Kier molecular flexibility index (Phi) is 6.52. The Labute approximate surface area is 304 Å². The van der Waals surface area contributed by atoms with Gasteiger partial charge < -0.3 is 13.6 Å². The molecule has 0 radical (unpaired) electrons. The largest absolute Gasteiger partial charge is 0.455 e. The number of hydrogen-bond acceptors (Lipinski definition) is 2. The van der Waals surface area contributed by atoms with E-state index in [1.165, 1.54) is 5.39 Å². The number of fused-ring (bicyclic) bond motifs is 12. The molecular weight excluding hydrogens is 647 g/mol. The van der Waals surface area contributed by atoms with Crippen molar-refractivity contribution < 1.29 is 4.42 Å². The molecule has 0 spiro atoms. The molecule has 11 rings (SSSR count). The van der Waals surface area contributed by atoms with E-state index in [1.807, 2.05) is 24.4 Å². The highest BCUT2D eigenvalue weighted by Gasteiger charge is 2.16. The second-order valence-electron chi connectivity index (χ2n) is 13.6. The fourth-order valence-electron chi connectivity index (χ4n) is 8.24. The molecule has 53 heavy (non-hydrogen) atoms. The lowest BCUT2D eigenvalue weighted by atomic mass is 9.93. The van der Waals surface area contributed by atoms with Crippen molar-refractivity contribution in [3.63, 3.8) is 0 Å². The second kappa shape index (κ2) is 11.7. The quantitative estimate of drug-likeness (QED) is 0.187. The topological polar surface area (TPSA) is 35.9 Å². The third-order valence-electron chi connectivity index (χ3n) is 10.7. The highest BCUT2D eigenvalue weighted by Crippen LogP contribution is 2.41. The first kappa shape index (κ1) is 29.5. The van der Waals surface area contributed by atoms with Gasteiger partial charge in [0.25, 0.3) is 0 Å². The molecule has 0 saturated carbocycles. The predicted octanol–water partition coefficient (Wildman–Crippen LogP) is 13.1. The van der Waals surface area contributed by atoms with E-state index in [1.54, 1.807) is 0 Å². The molecule has 0 saturated heterocycles. The third kappa shape index (κ3) is 4.59. The molecular formula is C49H31N3O. The summed E-state index contributed by atoms with van der Waals surface area (Å²) in [5.74, 6) is 0. The van der Waals surface area contributed by atoms with Gasteiger partial charge in [-0.3, -0.25) is 4.98 Å². The normalized spacial score (nSPS) is 11.8. The zero-order valence-electron chi connectivity index (χ0n) is 28.6. The van der Waals surface area contributed by atoms with E-state index in [-0.39, 0.29) is 0 Å². The van der Waals surface area contributed by atoms with Gasteiger partial charge in [0, 0.05) is 57.1 Å². The van der Waals surface area contributed by atoms with Gasteiger partial charge in [-0.15, -0.1) is 0 Å². The molecule has 4 heteroatoms. The van der Waals surface area contributed by atoms with Crippen LogP contribution >= 0.6 is 0 Å². The zero-order chi connectivity index (χ0) is 34.9. The van der Waals surface area contributed by atoms with Crippen molar-refractivity contribution in [2.45, 2.75) is 0 Å². The number of rotatable bonds is 3. The van der Waals surface area contributed by atoms with Crippen LogP contribution in [0.1, 0.15) is 0 Å². The minimum absolute atomic E-state index is 0.900. The Morgan fingerprint density at radius 1 is 0.396 bits per heavy atom. The van der Waals surface area contributed by atoms with Crippen molar-refractivity contribution in [2.75, 3.05) is 0 Å². The summed E-state index contributed by atoms with van der Waals surface area (Å²) in [7, 11) is 0. The molecule has 0 aliphatic carbocycles. The molecule has 11 aromatic rings. The van der Waals surface area contributed by atoms with Gasteiger partial charge in [0.05, 0.1) is 16.6 Å². The van der Waals surface area contributed by atoms with Crippen molar-refractivity contribution in [1.29, 1.82) is 0 Å². The Morgan fingerprint density at radius 2 is 0.962 bits per heavy atom. The molecule has 0 bridgehead atoms. The van der Waals surface area contributed by atoms with Gasteiger partial charge in [-0.05, 0) is 87.1 Å². The molecule has 248 valence electrons. The summed E-state index contributed by atoms with van der Waals surface area (Å²) < 4.78 is 11.1. The van der Waals surface area contributed by atoms with Crippen molar-refractivity contribution in [3.8, 4) is 22.5 Å². The van der Waals surface area contributed by atoms with Crippen molar-refractivity contribution in [2.24, 2.45) is 0 Å². The molecule has 0 atom stereocenters. The van der Waals surface area contributed by atoms with Crippen LogP contribution in [-0.4, -0.2) is 14.1 Å². The van der Waals surface area contributed by atoms with Gasteiger partial charge in [0.1, 0.15) is 11.2 Å². The van der Waals surface area contributed by atoms with Crippen molar-refractivity contribution in [1.82, 2.24) is 14.1 Å². The summed E-state index contributed by atoms with van der Waals surface area (Å²) in [6.07, 6.45) is 6.24. The monoisotopic (exact) mass is 677 g/mol.